The van der Waals surface area contributed by atoms with E-state index in [4.69, 9.17) is 0 Å². The molecule has 17 heavy (non-hydrogen) atoms. The maximum Gasteiger partial charge on any atom is 0.107 e. The summed E-state index contributed by atoms with van der Waals surface area (Å²) in [5, 5.41) is 10.2. The fraction of sp³-hybridized carbons (Fsp3) is 1.00. The summed E-state index contributed by atoms with van der Waals surface area (Å²) in [5.41, 5.74) is 0.337. The minimum atomic E-state index is -0.260. The van der Waals surface area contributed by atoms with Crippen LogP contribution in [-0.4, -0.2) is 29.3 Å². The Morgan fingerprint density at radius 1 is 1.24 bits per heavy atom. The molecule has 2 atom stereocenters. The molecule has 0 amide bonds. The Kier molecular flexibility index (Phi) is 5.94. The molecule has 2 nitrogen and oxygen atoms in total. The van der Waals surface area contributed by atoms with E-state index in [0.29, 0.717) is 11.5 Å². The van der Waals surface area contributed by atoms with Gasteiger partial charge in [-0.15, -0.1) is 0 Å². The molecule has 2 unspecified atom stereocenters. The van der Waals surface area contributed by atoms with Gasteiger partial charge in [0.25, 0.3) is 0 Å². The summed E-state index contributed by atoms with van der Waals surface area (Å²) >= 11 is 0. The molecule has 0 radical (unpaired) electrons. The molecule has 1 N–H and O–H groups in total. The lowest BCUT2D eigenvalue weighted by molar-refractivity contribution is -0.0527. The molecule has 102 valence electrons. The van der Waals surface area contributed by atoms with Gasteiger partial charge in [-0.3, -0.25) is 4.90 Å². The summed E-state index contributed by atoms with van der Waals surface area (Å²) in [5.74, 6) is 0. The molecule has 0 spiro atoms. The van der Waals surface area contributed by atoms with E-state index in [0.717, 1.165) is 12.8 Å². The van der Waals surface area contributed by atoms with Gasteiger partial charge >= 0.3 is 0 Å². The molecule has 1 aliphatic carbocycles. The van der Waals surface area contributed by atoms with E-state index in [2.05, 4.69) is 32.7 Å². The van der Waals surface area contributed by atoms with Crippen LogP contribution in [0.5, 0.6) is 0 Å². The van der Waals surface area contributed by atoms with Crippen molar-refractivity contribution < 1.29 is 5.11 Å². The highest BCUT2D eigenvalue weighted by Gasteiger charge is 2.34. The second kappa shape index (κ2) is 6.75. The average Bonchev–Trinajstić information content (AvgIpc) is 2.24. The smallest absolute Gasteiger partial charge is 0.107 e. The molecule has 0 heterocycles. The van der Waals surface area contributed by atoms with Gasteiger partial charge in [0.2, 0.25) is 0 Å². The molecule has 1 rings (SSSR count). The molecule has 2 heteroatoms. The van der Waals surface area contributed by atoms with Gasteiger partial charge in [-0.2, -0.15) is 0 Å². The first-order valence-corrected chi connectivity index (χ1v) is 7.39. The SMILES string of the molecule is CCCC(O)N(C)C1CCCCCCC1(C)C. The number of aliphatic hydroxyl groups excluding tert-OH is 1. The van der Waals surface area contributed by atoms with E-state index in [9.17, 15) is 5.11 Å². The van der Waals surface area contributed by atoms with Gasteiger partial charge in [-0.25, -0.2) is 0 Å². The Hall–Kier alpha value is -0.0800. The summed E-state index contributed by atoms with van der Waals surface area (Å²) < 4.78 is 0. The Morgan fingerprint density at radius 3 is 2.53 bits per heavy atom. The number of aliphatic hydroxyl groups is 1. The maximum absolute atomic E-state index is 10.2. The molecule has 1 saturated carbocycles. The van der Waals surface area contributed by atoms with Crippen molar-refractivity contribution in [2.24, 2.45) is 5.41 Å². The summed E-state index contributed by atoms with van der Waals surface area (Å²) in [6.45, 7) is 6.89. The van der Waals surface area contributed by atoms with Crippen LogP contribution in [0.15, 0.2) is 0 Å². The van der Waals surface area contributed by atoms with Crippen molar-refractivity contribution in [2.75, 3.05) is 7.05 Å². The highest BCUT2D eigenvalue weighted by Crippen LogP contribution is 2.36. The summed E-state index contributed by atoms with van der Waals surface area (Å²) in [4.78, 5) is 2.23. The van der Waals surface area contributed by atoms with Crippen LogP contribution in [0.3, 0.4) is 0 Å². The van der Waals surface area contributed by atoms with Crippen molar-refractivity contribution in [1.29, 1.82) is 0 Å². The maximum atomic E-state index is 10.2. The van der Waals surface area contributed by atoms with Gasteiger partial charge in [0, 0.05) is 6.04 Å². The number of hydrogen-bond acceptors (Lipinski definition) is 2. The third-order valence-corrected chi connectivity index (χ3v) is 4.46. The fourth-order valence-electron chi connectivity index (χ4n) is 3.25. The lowest BCUT2D eigenvalue weighted by Crippen LogP contribution is -2.48. The van der Waals surface area contributed by atoms with Crippen LogP contribution in [0.1, 0.15) is 72.1 Å². The standard InChI is InChI=1S/C15H31NO/c1-5-10-14(17)16(4)13-11-8-6-7-9-12-15(13,2)3/h13-14,17H,5-12H2,1-4H3. The highest BCUT2D eigenvalue weighted by molar-refractivity contribution is 4.87. The van der Waals surface area contributed by atoms with E-state index in [1.807, 2.05) is 0 Å². The van der Waals surface area contributed by atoms with Gasteiger partial charge in [-0.1, -0.05) is 52.9 Å². The third-order valence-electron chi connectivity index (χ3n) is 4.46. The third kappa shape index (κ3) is 4.26. The molecular formula is C15H31NO. The van der Waals surface area contributed by atoms with Crippen molar-refractivity contribution in [3.63, 3.8) is 0 Å². The monoisotopic (exact) mass is 241 g/mol. The topological polar surface area (TPSA) is 23.5 Å². The van der Waals surface area contributed by atoms with Crippen LogP contribution in [0.2, 0.25) is 0 Å². The van der Waals surface area contributed by atoms with E-state index < -0.39 is 0 Å². The molecular weight excluding hydrogens is 210 g/mol. The fourth-order valence-corrected chi connectivity index (χ4v) is 3.25. The first kappa shape index (κ1) is 15.0. The molecule has 0 aromatic rings. The lowest BCUT2D eigenvalue weighted by Gasteiger charge is -2.44. The summed E-state index contributed by atoms with van der Waals surface area (Å²) in [7, 11) is 2.11. The quantitative estimate of drug-likeness (QED) is 0.757. The van der Waals surface area contributed by atoms with Crippen LogP contribution in [0, 0.1) is 5.41 Å². The van der Waals surface area contributed by atoms with Gasteiger partial charge in [0.1, 0.15) is 6.23 Å². The molecule has 0 saturated heterocycles. The van der Waals surface area contributed by atoms with Crippen LogP contribution in [0.4, 0.5) is 0 Å². The van der Waals surface area contributed by atoms with Gasteiger partial charge < -0.3 is 5.11 Å². The molecule has 0 aliphatic heterocycles. The Morgan fingerprint density at radius 2 is 1.88 bits per heavy atom. The van der Waals surface area contributed by atoms with Crippen molar-refractivity contribution in [2.45, 2.75) is 84.4 Å². The Bertz CT molecular complexity index is 215. The van der Waals surface area contributed by atoms with Crippen molar-refractivity contribution in [3.8, 4) is 0 Å². The average molecular weight is 241 g/mol. The number of hydrogen-bond donors (Lipinski definition) is 1. The molecule has 1 fully saturated rings. The Labute approximate surface area is 107 Å². The van der Waals surface area contributed by atoms with Gasteiger partial charge in [0.15, 0.2) is 0 Å². The van der Waals surface area contributed by atoms with Crippen LogP contribution < -0.4 is 0 Å². The first-order valence-electron chi connectivity index (χ1n) is 7.39. The van der Waals surface area contributed by atoms with Crippen LogP contribution in [-0.2, 0) is 0 Å². The second-order valence-corrected chi connectivity index (χ2v) is 6.39. The Balaban J connectivity index is 2.67. The summed E-state index contributed by atoms with van der Waals surface area (Å²) in [6, 6.07) is 0.532. The van der Waals surface area contributed by atoms with E-state index >= 15 is 0 Å². The zero-order valence-electron chi connectivity index (χ0n) is 12.2. The van der Waals surface area contributed by atoms with Crippen LogP contribution >= 0.6 is 0 Å². The van der Waals surface area contributed by atoms with E-state index in [1.54, 1.807) is 0 Å². The molecule has 1 aliphatic rings. The van der Waals surface area contributed by atoms with Crippen molar-refractivity contribution >= 4 is 0 Å². The normalized spacial score (nSPS) is 27.5. The minimum absolute atomic E-state index is 0.260. The predicted octanol–water partition coefficient (Wildman–Crippen LogP) is 3.79. The van der Waals surface area contributed by atoms with Crippen LogP contribution in [0.25, 0.3) is 0 Å². The van der Waals surface area contributed by atoms with E-state index in [-0.39, 0.29) is 6.23 Å². The minimum Gasteiger partial charge on any atom is -0.378 e. The molecule has 0 bridgehead atoms. The zero-order valence-corrected chi connectivity index (χ0v) is 12.2. The predicted molar refractivity (Wildman–Crippen MR) is 73.9 cm³/mol. The first-order chi connectivity index (χ1) is 7.99. The van der Waals surface area contributed by atoms with Gasteiger partial charge in [0.05, 0.1) is 0 Å². The second-order valence-electron chi connectivity index (χ2n) is 6.39. The van der Waals surface area contributed by atoms with E-state index in [1.165, 1.54) is 38.5 Å². The summed E-state index contributed by atoms with van der Waals surface area (Å²) in [6.07, 6.45) is 9.64. The largest absolute Gasteiger partial charge is 0.378 e. The molecule has 0 aromatic heterocycles. The molecule has 0 aromatic carbocycles. The van der Waals surface area contributed by atoms with Gasteiger partial charge in [-0.05, 0) is 31.7 Å². The lowest BCUT2D eigenvalue weighted by atomic mass is 9.75. The highest BCUT2D eigenvalue weighted by atomic mass is 16.3. The zero-order chi connectivity index (χ0) is 12.9. The van der Waals surface area contributed by atoms with Crippen molar-refractivity contribution in [3.05, 3.63) is 0 Å². The number of nitrogens with zero attached hydrogens (tertiary/aromatic N) is 1. The van der Waals surface area contributed by atoms with Crippen molar-refractivity contribution in [1.82, 2.24) is 4.90 Å². The number of rotatable bonds is 4.